The Labute approximate surface area is 125 Å². The van der Waals surface area contributed by atoms with Gasteiger partial charge in [0.05, 0.1) is 11.6 Å². The highest BCUT2D eigenvalue weighted by molar-refractivity contribution is 6.30. The largest absolute Gasteiger partial charge is 0.416 e. The molecule has 0 spiro atoms. The molecule has 2 nitrogen and oxygen atoms in total. The molecule has 6 heteroatoms. The van der Waals surface area contributed by atoms with Crippen LogP contribution in [-0.4, -0.2) is 0 Å². The van der Waals surface area contributed by atoms with E-state index in [1.807, 2.05) is 0 Å². The van der Waals surface area contributed by atoms with E-state index in [1.54, 1.807) is 31.2 Å². The van der Waals surface area contributed by atoms with E-state index in [-0.39, 0.29) is 0 Å². The van der Waals surface area contributed by atoms with Gasteiger partial charge in [0.1, 0.15) is 0 Å². The minimum Gasteiger partial charge on any atom is -0.271 e. The number of alkyl halides is 3. The Morgan fingerprint density at radius 3 is 2.19 bits per heavy atom. The highest BCUT2D eigenvalue weighted by atomic mass is 35.5. The lowest BCUT2D eigenvalue weighted by atomic mass is 9.94. The van der Waals surface area contributed by atoms with E-state index in [1.165, 1.54) is 6.07 Å². The van der Waals surface area contributed by atoms with Gasteiger partial charge < -0.3 is 0 Å². The maximum absolute atomic E-state index is 12.7. The number of benzene rings is 2. The van der Waals surface area contributed by atoms with Crippen molar-refractivity contribution in [3.63, 3.8) is 0 Å². The predicted octanol–water partition coefficient (Wildman–Crippen LogP) is 4.22. The van der Waals surface area contributed by atoms with E-state index < -0.39 is 17.8 Å². The molecular weight excluding hydrogens is 301 g/mol. The van der Waals surface area contributed by atoms with Gasteiger partial charge in [0.2, 0.25) is 0 Å². The first kappa shape index (κ1) is 15.8. The first-order valence-electron chi connectivity index (χ1n) is 6.22. The van der Waals surface area contributed by atoms with Crippen molar-refractivity contribution in [1.29, 1.82) is 0 Å². The predicted molar refractivity (Wildman–Crippen MR) is 76.8 cm³/mol. The minimum atomic E-state index is -4.35. The maximum Gasteiger partial charge on any atom is 0.416 e. The molecule has 0 aliphatic rings. The molecule has 2 aromatic carbocycles. The quantitative estimate of drug-likeness (QED) is 0.657. The molecule has 1 atom stereocenters. The first-order valence-corrected chi connectivity index (χ1v) is 6.60. The third-order valence-corrected chi connectivity index (χ3v) is 3.53. The molecule has 21 heavy (non-hydrogen) atoms. The molecule has 0 amide bonds. The molecule has 0 bridgehead atoms. The molecule has 0 aliphatic carbocycles. The van der Waals surface area contributed by atoms with Gasteiger partial charge in [0.15, 0.2) is 0 Å². The molecule has 3 N–H and O–H groups in total. The van der Waals surface area contributed by atoms with Gasteiger partial charge in [-0.2, -0.15) is 13.2 Å². The summed E-state index contributed by atoms with van der Waals surface area (Å²) in [5, 5.41) is 0.582. The molecular formula is C15H14ClF3N2. The van der Waals surface area contributed by atoms with Crippen molar-refractivity contribution in [3.05, 3.63) is 69.7 Å². The maximum atomic E-state index is 12.7. The second-order valence-electron chi connectivity index (χ2n) is 4.72. The number of nitrogens with one attached hydrogen (secondary N) is 1. The minimum absolute atomic E-state index is 0.399. The molecule has 2 rings (SSSR count). The van der Waals surface area contributed by atoms with E-state index in [4.69, 9.17) is 17.4 Å². The molecule has 112 valence electrons. The van der Waals surface area contributed by atoms with E-state index in [9.17, 15) is 13.2 Å². The van der Waals surface area contributed by atoms with Crippen molar-refractivity contribution in [3.8, 4) is 0 Å². The second-order valence-corrected chi connectivity index (χ2v) is 5.16. The zero-order valence-electron chi connectivity index (χ0n) is 11.2. The zero-order valence-corrected chi connectivity index (χ0v) is 12.0. The number of halogens is 4. The summed E-state index contributed by atoms with van der Waals surface area (Å²) >= 11 is 5.83. The van der Waals surface area contributed by atoms with Crippen LogP contribution in [0.4, 0.5) is 13.2 Å². The molecule has 0 heterocycles. The Kier molecular flexibility index (Phi) is 4.56. The Morgan fingerprint density at radius 1 is 1.10 bits per heavy atom. The fraction of sp³-hybridized carbons (Fsp3) is 0.200. The Balaban J connectivity index is 2.41. The molecule has 0 saturated heterocycles. The number of nitrogens with two attached hydrogens (primary N) is 1. The van der Waals surface area contributed by atoms with Crippen LogP contribution in [-0.2, 0) is 6.18 Å². The van der Waals surface area contributed by atoms with E-state index in [2.05, 4.69) is 5.43 Å². The summed E-state index contributed by atoms with van der Waals surface area (Å²) in [6.45, 7) is 1.63. The summed E-state index contributed by atoms with van der Waals surface area (Å²) in [5.74, 6) is 5.56. The lowest BCUT2D eigenvalue weighted by Gasteiger charge is -2.20. The summed E-state index contributed by atoms with van der Waals surface area (Å²) in [5.41, 5.74) is 3.99. The monoisotopic (exact) mass is 314 g/mol. The fourth-order valence-corrected chi connectivity index (χ4v) is 2.32. The van der Waals surface area contributed by atoms with Crippen LogP contribution in [0.15, 0.2) is 42.5 Å². The fourth-order valence-electron chi connectivity index (χ4n) is 2.20. The topological polar surface area (TPSA) is 38.0 Å². The highest BCUT2D eigenvalue weighted by Crippen LogP contribution is 2.33. The van der Waals surface area contributed by atoms with E-state index in [0.717, 1.165) is 17.7 Å². The average molecular weight is 315 g/mol. The van der Waals surface area contributed by atoms with Gasteiger partial charge in [-0.05, 0) is 47.9 Å². The standard InChI is InChI=1S/C15H14ClF3N2/c1-9-8-11(15(17,18)19)4-7-13(9)14(21-20)10-2-5-12(16)6-3-10/h2-8,14,21H,20H2,1H3. The molecule has 0 saturated carbocycles. The van der Waals surface area contributed by atoms with Crippen molar-refractivity contribution >= 4 is 11.6 Å². The van der Waals surface area contributed by atoms with Crippen LogP contribution in [0.2, 0.25) is 5.02 Å². The highest BCUT2D eigenvalue weighted by Gasteiger charge is 2.31. The number of hydrazine groups is 1. The van der Waals surface area contributed by atoms with Crippen LogP contribution in [0, 0.1) is 6.92 Å². The van der Waals surface area contributed by atoms with Gasteiger partial charge in [-0.1, -0.05) is 29.8 Å². The number of aryl methyl sites for hydroxylation is 1. The van der Waals surface area contributed by atoms with Gasteiger partial charge >= 0.3 is 6.18 Å². The summed E-state index contributed by atoms with van der Waals surface area (Å²) in [7, 11) is 0. The van der Waals surface area contributed by atoms with Crippen molar-refractivity contribution in [2.24, 2.45) is 5.84 Å². The van der Waals surface area contributed by atoms with E-state index in [0.29, 0.717) is 16.1 Å². The van der Waals surface area contributed by atoms with Crippen LogP contribution >= 0.6 is 11.6 Å². The van der Waals surface area contributed by atoms with Crippen LogP contribution in [0.25, 0.3) is 0 Å². The normalized spacial score (nSPS) is 13.2. The van der Waals surface area contributed by atoms with Crippen molar-refractivity contribution < 1.29 is 13.2 Å². The van der Waals surface area contributed by atoms with Crippen molar-refractivity contribution in [2.75, 3.05) is 0 Å². The van der Waals surface area contributed by atoms with Gasteiger partial charge in [-0.15, -0.1) is 0 Å². The van der Waals surface area contributed by atoms with E-state index >= 15 is 0 Å². The molecule has 0 fully saturated rings. The van der Waals surface area contributed by atoms with Gasteiger partial charge in [-0.3, -0.25) is 5.84 Å². The molecule has 2 aromatic rings. The first-order chi connectivity index (χ1) is 9.82. The lowest BCUT2D eigenvalue weighted by molar-refractivity contribution is -0.137. The number of hydrogen-bond acceptors (Lipinski definition) is 2. The number of hydrogen-bond donors (Lipinski definition) is 2. The lowest BCUT2D eigenvalue weighted by Crippen LogP contribution is -2.29. The van der Waals surface area contributed by atoms with Crippen LogP contribution in [0.5, 0.6) is 0 Å². The smallest absolute Gasteiger partial charge is 0.271 e. The molecule has 0 aromatic heterocycles. The summed E-state index contributed by atoms with van der Waals surface area (Å²) < 4.78 is 38.1. The Bertz CT molecular complexity index is 624. The SMILES string of the molecule is Cc1cc(C(F)(F)F)ccc1C(NN)c1ccc(Cl)cc1. The summed E-state index contributed by atoms with van der Waals surface area (Å²) in [6, 6.07) is 10.2. The second kappa shape index (κ2) is 6.05. The molecule has 0 aliphatic heterocycles. The Hall–Kier alpha value is -1.56. The summed E-state index contributed by atoms with van der Waals surface area (Å²) in [6.07, 6.45) is -4.35. The summed E-state index contributed by atoms with van der Waals surface area (Å²) in [4.78, 5) is 0. The van der Waals surface area contributed by atoms with Gasteiger partial charge in [-0.25, -0.2) is 5.43 Å². The average Bonchev–Trinajstić information content (AvgIpc) is 2.42. The van der Waals surface area contributed by atoms with Gasteiger partial charge in [0, 0.05) is 5.02 Å². The third kappa shape index (κ3) is 3.56. The van der Waals surface area contributed by atoms with Crippen molar-refractivity contribution in [2.45, 2.75) is 19.1 Å². The Morgan fingerprint density at radius 2 is 1.71 bits per heavy atom. The zero-order chi connectivity index (χ0) is 15.6. The van der Waals surface area contributed by atoms with Crippen molar-refractivity contribution in [1.82, 2.24) is 5.43 Å². The molecule has 0 radical (unpaired) electrons. The van der Waals surface area contributed by atoms with Crippen LogP contribution in [0.3, 0.4) is 0 Å². The van der Waals surface area contributed by atoms with Gasteiger partial charge in [0.25, 0.3) is 0 Å². The van der Waals surface area contributed by atoms with Crippen LogP contribution < -0.4 is 11.3 Å². The van der Waals surface area contributed by atoms with Crippen LogP contribution in [0.1, 0.15) is 28.3 Å². The number of rotatable bonds is 3. The molecule has 1 unspecified atom stereocenters. The third-order valence-electron chi connectivity index (χ3n) is 3.28.